The van der Waals surface area contributed by atoms with Gasteiger partial charge in [0.25, 0.3) is 5.91 Å². The lowest BCUT2D eigenvalue weighted by Gasteiger charge is -2.24. The fourth-order valence-corrected chi connectivity index (χ4v) is 3.56. The minimum absolute atomic E-state index is 0.126. The summed E-state index contributed by atoms with van der Waals surface area (Å²) < 4.78 is 0. The van der Waals surface area contributed by atoms with Gasteiger partial charge in [-0.3, -0.25) is 9.78 Å². The number of hydrogen-bond acceptors (Lipinski definition) is 3. The molecule has 1 atom stereocenters. The zero-order valence-electron chi connectivity index (χ0n) is 15.0. The number of pyridine rings is 1. The molecule has 0 aliphatic carbocycles. The van der Waals surface area contributed by atoms with E-state index in [1.807, 2.05) is 4.90 Å². The smallest absolute Gasteiger partial charge is 0.254 e. The maximum absolute atomic E-state index is 12.6. The molecular formula is C21H27N3O. The molecule has 1 aliphatic heterocycles. The zero-order valence-corrected chi connectivity index (χ0v) is 15.0. The standard InChI is InChI=1S/C21H27N3O/c1-18(16-19-6-3-2-4-7-19)17-23-12-5-13-24(15-14-23)21(25)20-8-10-22-11-9-20/h2-4,6-11,18H,5,12-17H2,1H3/t18-/m0/s1. The van der Waals surface area contributed by atoms with E-state index < -0.39 is 0 Å². The van der Waals surface area contributed by atoms with Crippen molar-refractivity contribution in [3.8, 4) is 0 Å². The number of nitrogens with zero attached hydrogens (tertiary/aromatic N) is 3. The van der Waals surface area contributed by atoms with Gasteiger partial charge in [-0.1, -0.05) is 37.3 Å². The lowest BCUT2D eigenvalue weighted by molar-refractivity contribution is 0.0760. The fourth-order valence-electron chi connectivity index (χ4n) is 3.56. The van der Waals surface area contributed by atoms with Crippen molar-refractivity contribution in [3.05, 3.63) is 66.0 Å². The van der Waals surface area contributed by atoms with E-state index in [2.05, 4.69) is 47.1 Å². The predicted molar refractivity (Wildman–Crippen MR) is 101 cm³/mol. The molecule has 0 radical (unpaired) electrons. The van der Waals surface area contributed by atoms with Crippen molar-refractivity contribution in [2.24, 2.45) is 5.92 Å². The fraction of sp³-hybridized carbons (Fsp3) is 0.429. The molecule has 1 aromatic carbocycles. The lowest BCUT2D eigenvalue weighted by atomic mass is 10.0. The van der Waals surface area contributed by atoms with Crippen LogP contribution in [0, 0.1) is 5.92 Å². The second-order valence-electron chi connectivity index (χ2n) is 6.98. The zero-order chi connectivity index (χ0) is 17.5. The number of carbonyl (C=O) groups excluding carboxylic acids is 1. The van der Waals surface area contributed by atoms with Gasteiger partial charge in [-0.2, -0.15) is 0 Å². The minimum Gasteiger partial charge on any atom is -0.337 e. The summed E-state index contributed by atoms with van der Waals surface area (Å²) in [4.78, 5) is 21.1. The second kappa shape index (κ2) is 8.77. The highest BCUT2D eigenvalue weighted by molar-refractivity contribution is 5.94. The summed E-state index contributed by atoms with van der Waals surface area (Å²) >= 11 is 0. The minimum atomic E-state index is 0.126. The van der Waals surface area contributed by atoms with E-state index in [4.69, 9.17) is 0 Å². The molecule has 4 heteroatoms. The molecule has 25 heavy (non-hydrogen) atoms. The summed E-state index contributed by atoms with van der Waals surface area (Å²) in [6, 6.07) is 14.3. The van der Waals surface area contributed by atoms with E-state index in [0.717, 1.165) is 51.1 Å². The molecule has 0 spiro atoms. The first kappa shape index (κ1) is 17.6. The van der Waals surface area contributed by atoms with Crippen LogP contribution >= 0.6 is 0 Å². The van der Waals surface area contributed by atoms with Crippen LogP contribution in [0.2, 0.25) is 0 Å². The van der Waals surface area contributed by atoms with E-state index >= 15 is 0 Å². The van der Waals surface area contributed by atoms with Crippen molar-refractivity contribution in [2.45, 2.75) is 19.8 Å². The monoisotopic (exact) mass is 337 g/mol. The molecule has 1 amide bonds. The molecule has 1 aliphatic rings. The third-order valence-electron chi connectivity index (χ3n) is 4.80. The van der Waals surface area contributed by atoms with Gasteiger partial charge in [0, 0.05) is 44.1 Å². The Morgan fingerprint density at radius 2 is 1.80 bits per heavy atom. The largest absolute Gasteiger partial charge is 0.337 e. The molecule has 3 rings (SSSR count). The number of aromatic nitrogens is 1. The van der Waals surface area contributed by atoms with Gasteiger partial charge in [0.2, 0.25) is 0 Å². The SMILES string of the molecule is C[C@@H](Cc1ccccc1)CN1CCCN(C(=O)c2ccncc2)CC1. The first-order valence-electron chi connectivity index (χ1n) is 9.18. The van der Waals surface area contributed by atoms with Crippen LogP contribution in [-0.4, -0.2) is 53.4 Å². The number of hydrogen-bond donors (Lipinski definition) is 0. The number of rotatable bonds is 5. The molecule has 0 saturated carbocycles. The van der Waals surface area contributed by atoms with Crippen molar-refractivity contribution in [3.63, 3.8) is 0 Å². The van der Waals surface area contributed by atoms with Crippen LogP contribution in [0.25, 0.3) is 0 Å². The van der Waals surface area contributed by atoms with E-state index in [1.54, 1.807) is 24.5 Å². The summed E-state index contributed by atoms with van der Waals surface area (Å²) in [7, 11) is 0. The Morgan fingerprint density at radius 3 is 2.56 bits per heavy atom. The lowest BCUT2D eigenvalue weighted by Crippen LogP contribution is -2.36. The summed E-state index contributed by atoms with van der Waals surface area (Å²) in [6.45, 7) is 7.07. The Hall–Kier alpha value is -2.20. The van der Waals surface area contributed by atoms with Crippen LogP contribution in [0.1, 0.15) is 29.3 Å². The van der Waals surface area contributed by atoms with Crippen LogP contribution in [0.4, 0.5) is 0 Å². The molecular weight excluding hydrogens is 310 g/mol. The highest BCUT2D eigenvalue weighted by Crippen LogP contribution is 2.13. The molecule has 1 fully saturated rings. The summed E-state index contributed by atoms with van der Waals surface area (Å²) in [5.41, 5.74) is 2.14. The topological polar surface area (TPSA) is 36.4 Å². The molecule has 2 heterocycles. The van der Waals surface area contributed by atoms with Gasteiger partial charge in [0.1, 0.15) is 0 Å². The molecule has 0 bridgehead atoms. The van der Waals surface area contributed by atoms with Crippen molar-refractivity contribution in [1.29, 1.82) is 0 Å². The van der Waals surface area contributed by atoms with Crippen molar-refractivity contribution >= 4 is 5.91 Å². The number of carbonyl (C=O) groups is 1. The maximum Gasteiger partial charge on any atom is 0.254 e. The summed E-state index contributed by atoms with van der Waals surface area (Å²) in [5.74, 6) is 0.742. The van der Waals surface area contributed by atoms with E-state index in [1.165, 1.54) is 5.56 Å². The van der Waals surface area contributed by atoms with Crippen LogP contribution in [0.3, 0.4) is 0 Å². The van der Waals surface area contributed by atoms with Gasteiger partial charge in [0.05, 0.1) is 0 Å². The van der Waals surface area contributed by atoms with Crippen LogP contribution in [0.5, 0.6) is 0 Å². The van der Waals surface area contributed by atoms with Crippen molar-refractivity contribution in [1.82, 2.24) is 14.8 Å². The van der Waals surface area contributed by atoms with Gasteiger partial charge >= 0.3 is 0 Å². The van der Waals surface area contributed by atoms with Crippen molar-refractivity contribution < 1.29 is 4.79 Å². The molecule has 1 saturated heterocycles. The molecule has 132 valence electrons. The van der Waals surface area contributed by atoms with Crippen molar-refractivity contribution in [2.75, 3.05) is 32.7 Å². The number of benzene rings is 1. The molecule has 1 aromatic heterocycles. The first-order chi connectivity index (χ1) is 12.2. The first-order valence-corrected chi connectivity index (χ1v) is 9.18. The molecule has 2 aromatic rings. The van der Waals surface area contributed by atoms with Crippen LogP contribution in [-0.2, 0) is 6.42 Å². The summed E-state index contributed by atoms with van der Waals surface area (Å²) in [5, 5.41) is 0. The quantitative estimate of drug-likeness (QED) is 0.841. The third kappa shape index (κ3) is 5.13. The predicted octanol–water partition coefficient (Wildman–Crippen LogP) is 3.11. The van der Waals surface area contributed by atoms with Crippen LogP contribution in [0.15, 0.2) is 54.9 Å². The Kier molecular flexibility index (Phi) is 6.18. The Morgan fingerprint density at radius 1 is 1.04 bits per heavy atom. The molecule has 4 nitrogen and oxygen atoms in total. The normalized spacial score (nSPS) is 17.1. The molecule has 0 unspecified atom stereocenters. The Labute approximate surface area is 150 Å². The second-order valence-corrected chi connectivity index (χ2v) is 6.98. The highest BCUT2D eigenvalue weighted by atomic mass is 16.2. The number of amides is 1. The summed E-state index contributed by atoms with van der Waals surface area (Å²) in [6.07, 6.45) is 5.51. The maximum atomic E-state index is 12.6. The Bertz CT molecular complexity index is 659. The highest BCUT2D eigenvalue weighted by Gasteiger charge is 2.21. The van der Waals surface area contributed by atoms with Crippen LogP contribution < -0.4 is 0 Å². The third-order valence-corrected chi connectivity index (χ3v) is 4.80. The van der Waals surface area contributed by atoms with Gasteiger partial charge in [0.15, 0.2) is 0 Å². The van der Waals surface area contributed by atoms with Gasteiger partial charge in [-0.25, -0.2) is 0 Å². The Balaban J connectivity index is 1.50. The average Bonchev–Trinajstić information content (AvgIpc) is 2.88. The van der Waals surface area contributed by atoms with Gasteiger partial charge in [-0.15, -0.1) is 0 Å². The van der Waals surface area contributed by atoms with E-state index in [-0.39, 0.29) is 5.91 Å². The average molecular weight is 337 g/mol. The van der Waals surface area contributed by atoms with E-state index in [9.17, 15) is 4.79 Å². The van der Waals surface area contributed by atoms with Gasteiger partial charge < -0.3 is 9.80 Å². The molecule has 0 N–H and O–H groups in total. The van der Waals surface area contributed by atoms with E-state index in [0.29, 0.717) is 5.92 Å². The van der Waals surface area contributed by atoms with Gasteiger partial charge in [-0.05, 0) is 43.0 Å².